The molecule has 1 fully saturated rings. The molecule has 0 aromatic heterocycles. The summed E-state index contributed by atoms with van der Waals surface area (Å²) >= 11 is 0. The Morgan fingerprint density at radius 2 is 1.78 bits per heavy atom. The van der Waals surface area contributed by atoms with E-state index in [1.54, 1.807) is 13.8 Å². The van der Waals surface area contributed by atoms with E-state index >= 15 is 0 Å². The molecule has 23 heavy (non-hydrogen) atoms. The fourth-order valence-electron chi connectivity index (χ4n) is 3.05. The third kappa shape index (κ3) is 4.95. The third-order valence-corrected chi connectivity index (χ3v) is 4.35. The average Bonchev–Trinajstić information content (AvgIpc) is 2.86. The van der Waals surface area contributed by atoms with E-state index in [0.717, 1.165) is 18.4 Å². The Hall–Kier alpha value is -1.58. The van der Waals surface area contributed by atoms with Crippen LogP contribution in [-0.4, -0.2) is 25.2 Å². The van der Waals surface area contributed by atoms with Gasteiger partial charge in [0.25, 0.3) is 0 Å². The van der Waals surface area contributed by atoms with Crippen LogP contribution in [0.1, 0.15) is 59.3 Å². The predicted molar refractivity (Wildman–Crippen MR) is 90.8 cm³/mol. The Bertz CT molecular complexity index is 432. The zero-order chi connectivity index (χ0) is 17.3. The second kappa shape index (κ2) is 9.53. The van der Waals surface area contributed by atoms with Crippen molar-refractivity contribution in [3.05, 3.63) is 24.3 Å². The molecule has 1 saturated carbocycles. The molecule has 4 heteroatoms. The summed E-state index contributed by atoms with van der Waals surface area (Å²) in [4.78, 5) is 24.8. The highest BCUT2D eigenvalue weighted by Gasteiger charge is 2.54. The Morgan fingerprint density at radius 3 is 2.30 bits per heavy atom. The van der Waals surface area contributed by atoms with Gasteiger partial charge in [-0.15, -0.1) is 0 Å². The van der Waals surface area contributed by atoms with E-state index in [2.05, 4.69) is 25.7 Å². The molecule has 1 atom stereocenters. The van der Waals surface area contributed by atoms with E-state index in [4.69, 9.17) is 9.47 Å². The molecular weight excluding hydrogens is 292 g/mol. The van der Waals surface area contributed by atoms with Crippen molar-refractivity contribution in [2.75, 3.05) is 13.2 Å². The number of carbonyl (C=O) groups is 2. The van der Waals surface area contributed by atoms with E-state index in [0.29, 0.717) is 12.8 Å². The van der Waals surface area contributed by atoms with Crippen molar-refractivity contribution in [1.82, 2.24) is 0 Å². The molecule has 0 aliphatic heterocycles. The summed E-state index contributed by atoms with van der Waals surface area (Å²) in [5, 5.41) is 0. The largest absolute Gasteiger partial charge is 0.465 e. The number of allylic oxidation sites excluding steroid dienone is 3. The summed E-state index contributed by atoms with van der Waals surface area (Å²) in [5.41, 5.74) is -0.267. The van der Waals surface area contributed by atoms with Gasteiger partial charge in [-0.3, -0.25) is 9.59 Å². The molecule has 0 bridgehead atoms. The first-order valence-corrected chi connectivity index (χ1v) is 8.68. The molecule has 1 aliphatic carbocycles. The van der Waals surface area contributed by atoms with E-state index in [1.807, 2.05) is 0 Å². The topological polar surface area (TPSA) is 52.6 Å². The van der Waals surface area contributed by atoms with Crippen LogP contribution in [0.2, 0.25) is 0 Å². The zero-order valence-electron chi connectivity index (χ0n) is 14.7. The lowest BCUT2D eigenvalue weighted by Gasteiger charge is -2.24. The van der Waals surface area contributed by atoms with E-state index in [9.17, 15) is 9.59 Å². The zero-order valence-corrected chi connectivity index (χ0v) is 14.7. The molecular formula is C19H30O4. The average molecular weight is 322 g/mol. The van der Waals surface area contributed by atoms with Gasteiger partial charge in [0.15, 0.2) is 5.41 Å². The van der Waals surface area contributed by atoms with Gasteiger partial charge in [-0.1, -0.05) is 44.1 Å². The Balaban J connectivity index is 2.81. The molecule has 0 aromatic rings. The van der Waals surface area contributed by atoms with Gasteiger partial charge in [0.1, 0.15) is 0 Å². The monoisotopic (exact) mass is 322 g/mol. The first-order valence-electron chi connectivity index (χ1n) is 8.68. The van der Waals surface area contributed by atoms with Crippen LogP contribution in [0, 0.1) is 11.3 Å². The maximum Gasteiger partial charge on any atom is 0.323 e. The molecule has 0 amide bonds. The lowest BCUT2D eigenvalue weighted by atomic mass is 9.84. The Labute approximate surface area is 139 Å². The van der Waals surface area contributed by atoms with Crippen LogP contribution in [0.5, 0.6) is 0 Å². The smallest absolute Gasteiger partial charge is 0.323 e. The summed E-state index contributed by atoms with van der Waals surface area (Å²) in [7, 11) is 0. The molecule has 0 radical (unpaired) electrons. The Kier molecular flexibility index (Phi) is 8.07. The third-order valence-electron chi connectivity index (χ3n) is 4.35. The quantitative estimate of drug-likeness (QED) is 0.276. The van der Waals surface area contributed by atoms with Gasteiger partial charge in [0.2, 0.25) is 0 Å². The van der Waals surface area contributed by atoms with Crippen molar-refractivity contribution in [2.24, 2.45) is 11.3 Å². The highest BCUT2D eigenvalue weighted by molar-refractivity contribution is 6.01. The van der Waals surface area contributed by atoms with Gasteiger partial charge in [0, 0.05) is 0 Å². The van der Waals surface area contributed by atoms with Crippen LogP contribution in [-0.2, 0) is 19.1 Å². The second-order valence-electron chi connectivity index (χ2n) is 6.11. The number of hydrogen-bond donors (Lipinski definition) is 0. The van der Waals surface area contributed by atoms with Gasteiger partial charge in [-0.25, -0.2) is 0 Å². The van der Waals surface area contributed by atoms with Gasteiger partial charge in [0.05, 0.1) is 13.2 Å². The molecule has 0 aromatic carbocycles. The van der Waals surface area contributed by atoms with Crippen LogP contribution in [0.25, 0.3) is 0 Å². The van der Waals surface area contributed by atoms with Crippen LogP contribution >= 0.6 is 0 Å². The molecule has 130 valence electrons. The van der Waals surface area contributed by atoms with Crippen molar-refractivity contribution >= 4 is 11.9 Å². The van der Waals surface area contributed by atoms with Crippen molar-refractivity contribution in [3.8, 4) is 0 Å². The molecule has 0 saturated heterocycles. The van der Waals surface area contributed by atoms with Gasteiger partial charge in [-0.2, -0.15) is 0 Å². The maximum absolute atomic E-state index is 12.4. The first-order chi connectivity index (χ1) is 11.0. The summed E-state index contributed by atoms with van der Waals surface area (Å²) in [6.07, 6.45) is 9.30. The van der Waals surface area contributed by atoms with Crippen molar-refractivity contribution in [2.45, 2.75) is 59.3 Å². The second-order valence-corrected chi connectivity index (χ2v) is 6.11. The van der Waals surface area contributed by atoms with Gasteiger partial charge in [-0.05, 0) is 45.4 Å². The fraction of sp³-hybridized carbons (Fsp3) is 0.684. The highest BCUT2D eigenvalue weighted by Crippen LogP contribution is 2.48. The summed E-state index contributed by atoms with van der Waals surface area (Å²) in [6.45, 7) is 10.3. The molecule has 1 unspecified atom stereocenters. The minimum atomic E-state index is -1.20. The van der Waals surface area contributed by atoms with Gasteiger partial charge < -0.3 is 9.47 Å². The van der Waals surface area contributed by atoms with E-state index in [1.165, 1.54) is 12.8 Å². The molecule has 1 rings (SSSR count). The number of unbranched alkanes of at least 4 members (excludes halogenated alkanes) is 2. The van der Waals surface area contributed by atoms with Crippen LogP contribution < -0.4 is 0 Å². The minimum absolute atomic E-state index is 0.127. The standard InChI is InChI=1S/C19H30O4/c1-5-8-9-10-11-12-16-14-19(13-15(16)4,17(20)22-6-2)18(21)23-7-3/h10-11,16H,4-9,12-14H2,1-3H3/b11-10+. The fourth-order valence-corrected chi connectivity index (χ4v) is 3.05. The molecule has 0 heterocycles. The summed E-state index contributed by atoms with van der Waals surface area (Å²) in [6, 6.07) is 0. The molecule has 0 spiro atoms. The Morgan fingerprint density at radius 1 is 1.17 bits per heavy atom. The number of rotatable bonds is 9. The number of esters is 2. The van der Waals surface area contributed by atoms with Crippen molar-refractivity contribution < 1.29 is 19.1 Å². The van der Waals surface area contributed by atoms with Gasteiger partial charge >= 0.3 is 11.9 Å². The van der Waals surface area contributed by atoms with Crippen molar-refractivity contribution in [3.63, 3.8) is 0 Å². The maximum atomic E-state index is 12.4. The molecule has 1 aliphatic rings. The normalized spacial score (nSPS) is 20.0. The van der Waals surface area contributed by atoms with Crippen LogP contribution in [0.3, 0.4) is 0 Å². The lowest BCUT2D eigenvalue weighted by Crippen LogP contribution is -2.40. The summed E-state index contributed by atoms with van der Waals surface area (Å²) < 4.78 is 10.3. The number of carbonyl (C=O) groups excluding carboxylic acids is 2. The van der Waals surface area contributed by atoms with Crippen LogP contribution in [0.4, 0.5) is 0 Å². The lowest BCUT2D eigenvalue weighted by molar-refractivity contribution is -0.171. The van der Waals surface area contributed by atoms with E-state index < -0.39 is 17.4 Å². The molecule has 0 N–H and O–H groups in total. The summed E-state index contributed by atoms with van der Waals surface area (Å²) in [5.74, 6) is -0.823. The SMILES string of the molecule is C=C1CC(C(=O)OCC)(C(=O)OCC)CC1C/C=C/CCCC. The van der Waals surface area contributed by atoms with E-state index in [-0.39, 0.29) is 19.1 Å². The molecule has 4 nitrogen and oxygen atoms in total. The minimum Gasteiger partial charge on any atom is -0.465 e. The number of ether oxygens (including phenoxy) is 2. The van der Waals surface area contributed by atoms with Crippen molar-refractivity contribution in [1.29, 1.82) is 0 Å². The highest BCUT2D eigenvalue weighted by atomic mass is 16.6. The number of hydrogen-bond acceptors (Lipinski definition) is 4. The first kappa shape index (κ1) is 19.5. The predicted octanol–water partition coefficient (Wildman–Crippen LogP) is 4.20. The van der Waals surface area contributed by atoms with Crippen LogP contribution in [0.15, 0.2) is 24.3 Å².